The maximum atomic E-state index is 12.5. The fourth-order valence-electron chi connectivity index (χ4n) is 2.47. The maximum Gasteiger partial charge on any atom is 0.327 e. The lowest BCUT2D eigenvalue weighted by Crippen LogP contribution is -2.47. The first kappa shape index (κ1) is 15.7. The Bertz CT molecular complexity index is 562. The predicted octanol–water partition coefficient (Wildman–Crippen LogP) is 3.07. The van der Waals surface area contributed by atoms with Gasteiger partial charge in [0.2, 0.25) is 0 Å². The zero-order chi connectivity index (χ0) is 15.6. The second kappa shape index (κ2) is 6.39. The summed E-state index contributed by atoms with van der Waals surface area (Å²) >= 11 is 1.52. The SMILES string of the molecule is CCC1SCC(C(=O)O)N1C(=O)Nc1ccc(C)cc1C. The third kappa shape index (κ3) is 3.32. The molecular formula is C15H20N2O3S. The largest absolute Gasteiger partial charge is 0.480 e. The Kier molecular flexibility index (Phi) is 4.77. The fourth-order valence-corrected chi connectivity index (χ4v) is 3.82. The van der Waals surface area contributed by atoms with Gasteiger partial charge in [-0.15, -0.1) is 11.8 Å². The number of carbonyl (C=O) groups is 2. The number of urea groups is 1. The van der Waals surface area contributed by atoms with Gasteiger partial charge in [-0.1, -0.05) is 24.6 Å². The van der Waals surface area contributed by atoms with Gasteiger partial charge in [-0.3, -0.25) is 4.90 Å². The molecule has 2 atom stereocenters. The van der Waals surface area contributed by atoms with E-state index in [1.807, 2.05) is 39.0 Å². The highest BCUT2D eigenvalue weighted by Gasteiger charge is 2.40. The van der Waals surface area contributed by atoms with Crippen molar-refractivity contribution >= 4 is 29.4 Å². The lowest BCUT2D eigenvalue weighted by molar-refractivity contribution is -0.141. The van der Waals surface area contributed by atoms with Crippen LogP contribution in [0, 0.1) is 13.8 Å². The van der Waals surface area contributed by atoms with Crippen molar-refractivity contribution < 1.29 is 14.7 Å². The summed E-state index contributed by atoms with van der Waals surface area (Å²) in [5, 5.41) is 12.0. The van der Waals surface area contributed by atoms with Crippen LogP contribution in [0.1, 0.15) is 24.5 Å². The molecule has 6 heteroatoms. The molecule has 1 aliphatic heterocycles. The smallest absolute Gasteiger partial charge is 0.327 e. The topological polar surface area (TPSA) is 69.6 Å². The van der Waals surface area contributed by atoms with Crippen LogP contribution in [0.2, 0.25) is 0 Å². The number of hydrogen-bond acceptors (Lipinski definition) is 3. The number of nitrogens with zero attached hydrogens (tertiary/aromatic N) is 1. The van der Waals surface area contributed by atoms with Crippen molar-refractivity contribution in [3.05, 3.63) is 29.3 Å². The van der Waals surface area contributed by atoms with Gasteiger partial charge < -0.3 is 10.4 Å². The van der Waals surface area contributed by atoms with Gasteiger partial charge in [-0.05, 0) is 31.9 Å². The third-order valence-electron chi connectivity index (χ3n) is 3.58. The molecule has 0 aliphatic carbocycles. The number of carboxylic acid groups (broad SMARTS) is 1. The highest BCUT2D eigenvalue weighted by atomic mass is 32.2. The minimum absolute atomic E-state index is 0.0862. The molecule has 0 aromatic heterocycles. The summed E-state index contributed by atoms with van der Waals surface area (Å²) < 4.78 is 0. The van der Waals surface area contributed by atoms with Crippen LogP contribution in [0.25, 0.3) is 0 Å². The fraction of sp³-hybridized carbons (Fsp3) is 0.467. The van der Waals surface area contributed by atoms with E-state index in [1.165, 1.54) is 16.7 Å². The summed E-state index contributed by atoms with van der Waals surface area (Å²) in [4.78, 5) is 25.2. The van der Waals surface area contributed by atoms with Gasteiger partial charge in [0.05, 0.1) is 5.37 Å². The Morgan fingerprint density at radius 2 is 2.14 bits per heavy atom. The Labute approximate surface area is 128 Å². The lowest BCUT2D eigenvalue weighted by atomic mass is 10.1. The monoisotopic (exact) mass is 308 g/mol. The number of carbonyl (C=O) groups excluding carboxylic acids is 1. The molecule has 0 spiro atoms. The molecule has 2 unspecified atom stereocenters. The first-order chi connectivity index (χ1) is 9.93. The molecule has 1 saturated heterocycles. The van der Waals surface area contributed by atoms with Crippen molar-refractivity contribution in [2.45, 2.75) is 38.6 Å². The molecule has 1 heterocycles. The molecule has 5 nitrogen and oxygen atoms in total. The summed E-state index contributed by atoms with van der Waals surface area (Å²) in [6.45, 7) is 5.87. The summed E-state index contributed by atoms with van der Waals surface area (Å²) in [5.74, 6) is -0.511. The van der Waals surface area contributed by atoms with Crippen LogP contribution in [0.15, 0.2) is 18.2 Å². The van der Waals surface area contributed by atoms with Gasteiger partial charge in [-0.25, -0.2) is 9.59 Å². The molecular weight excluding hydrogens is 288 g/mol. The number of anilines is 1. The van der Waals surface area contributed by atoms with Gasteiger partial charge in [-0.2, -0.15) is 0 Å². The van der Waals surface area contributed by atoms with E-state index in [9.17, 15) is 14.7 Å². The number of hydrogen-bond donors (Lipinski definition) is 2. The Morgan fingerprint density at radius 1 is 1.43 bits per heavy atom. The van der Waals surface area contributed by atoms with Crippen molar-refractivity contribution in [1.82, 2.24) is 4.90 Å². The molecule has 2 rings (SSSR count). The zero-order valence-corrected chi connectivity index (χ0v) is 13.2. The van der Waals surface area contributed by atoms with Crippen LogP contribution in [0.3, 0.4) is 0 Å². The van der Waals surface area contributed by atoms with Crippen LogP contribution >= 0.6 is 11.8 Å². The lowest BCUT2D eigenvalue weighted by Gasteiger charge is -2.27. The van der Waals surface area contributed by atoms with E-state index in [0.29, 0.717) is 5.75 Å². The zero-order valence-electron chi connectivity index (χ0n) is 12.4. The van der Waals surface area contributed by atoms with E-state index in [4.69, 9.17) is 0 Å². The van der Waals surface area contributed by atoms with E-state index >= 15 is 0 Å². The van der Waals surface area contributed by atoms with Crippen molar-refractivity contribution in [2.24, 2.45) is 0 Å². The normalized spacial score (nSPS) is 21.4. The average molecular weight is 308 g/mol. The standard InChI is InChI=1S/C15H20N2O3S/c1-4-13-17(12(8-21-13)14(18)19)15(20)16-11-6-5-9(2)7-10(11)3/h5-7,12-13H,4,8H2,1-3H3,(H,16,20)(H,18,19). The van der Waals surface area contributed by atoms with Crippen LogP contribution in [0.5, 0.6) is 0 Å². The highest BCUT2D eigenvalue weighted by Crippen LogP contribution is 2.32. The van der Waals surface area contributed by atoms with Crippen LogP contribution in [-0.2, 0) is 4.79 Å². The van der Waals surface area contributed by atoms with Gasteiger partial charge in [0.1, 0.15) is 6.04 Å². The second-order valence-corrected chi connectivity index (χ2v) is 6.42. The minimum Gasteiger partial charge on any atom is -0.480 e. The van der Waals surface area contributed by atoms with E-state index in [2.05, 4.69) is 5.32 Å². The number of amides is 2. The van der Waals surface area contributed by atoms with Crippen molar-refractivity contribution in [1.29, 1.82) is 0 Å². The molecule has 0 saturated carbocycles. The third-order valence-corrected chi connectivity index (χ3v) is 5.04. The van der Waals surface area contributed by atoms with Crippen molar-refractivity contribution in [2.75, 3.05) is 11.1 Å². The van der Waals surface area contributed by atoms with E-state index in [-0.39, 0.29) is 11.4 Å². The molecule has 114 valence electrons. The predicted molar refractivity (Wildman–Crippen MR) is 84.7 cm³/mol. The number of thioether (sulfide) groups is 1. The molecule has 0 bridgehead atoms. The molecule has 21 heavy (non-hydrogen) atoms. The number of aliphatic carboxylic acids is 1. The maximum absolute atomic E-state index is 12.5. The average Bonchev–Trinajstić information content (AvgIpc) is 2.86. The summed E-state index contributed by atoms with van der Waals surface area (Å²) in [7, 11) is 0. The van der Waals surface area contributed by atoms with Crippen LogP contribution in [-0.4, -0.2) is 39.2 Å². The summed E-state index contributed by atoms with van der Waals surface area (Å²) in [5.41, 5.74) is 2.81. The molecule has 1 fully saturated rings. The van der Waals surface area contributed by atoms with E-state index in [0.717, 1.165) is 23.2 Å². The molecule has 0 radical (unpaired) electrons. The molecule has 1 aliphatic rings. The van der Waals surface area contributed by atoms with E-state index in [1.54, 1.807) is 0 Å². The van der Waals surface area contributed by atoms with Crippen molar-refractivity contribution in [3.8, 4) is 0 Å². The van der Waals surface area contributed by atoms with Gasteiger partial charge >= 0.3 is 12.0 Å². The number of benzene rings is 1. The van der Waals surface area contributed by atoms with Gasteiger partial charge in [0, 0.05) is 11.4 Å². The molecule has 1 aromatic carbocycles. The first-order valence-corrected chi connectivity index (χ1v) is 8.00. The second-order valence-electron chi connectivity index (χ2n) is 5.21. The number of aryl methyl sites for hydroxylation is 2. The summed E-state index contributed by atoms with van der Waals surface area (Å²) in [6.07, 6.45) is 0.731. The summed E-state index contributed by atoms with van der Waals surface area (Å²) in [6, 6.07) is 4.66. The molecule has 2 amide bonds. The first-order valence-electron chi connectivity index (χ1n) is 6.95. The van der Waals surface area contributed by atoms with Gasteiger partial charge in [0.15, 0.2) is 0 Å². The number of rotatable bonds is 3. The van der Waals surface area contributed by atoms with E-state index < -0.39 is 12.0 Å². The number of nitrogens with one attached hydrogen (secondary N) is 1. The highest BCUT2D eigenvalue weighted by molar-refractivity contribution is 8.00. The van der Waals surface area contributed by atoms with Crippen molar-refractivity contribution in [3.63, 3.8) is 0 Å². The van der Waals surface area contributed by atoms with Crippen LogP contribution in [0.4, 0.5) is 10.5 Å². The molecule has 1 aromatic rings. The molecule has 2 N–H and O–H groups in total. The Hall–Kier alpha value is -1.69. The number of carboxylic acids is 1. The minimum atomic E-state index is -0.950. The Balaban J connectivity index is 2.18. The quantitative estimate of drug-likeness (QED) is 0.900. The Morgan fingerprint density at radius 3 is 2.71 bits per heavy atom. The van der Waals surface area contributed by atoms with Crippen LogP contribution < -0.4 is 5.32 Å². The van der Waals surface area contributed by atoms with Gasteiger partial charge in [0.25, 0.3) is 0 Å².